The van der Waals surface area contributed by atoms with E-state index in [4.69, 9.17) is 0 Å². The number of likely N-dealkylation sites (N-methyl/N-ethyl adjacent to an activating group) is 1. The molecule has 2 N–H and O–H groups in total. The molecule has 1 aromatic carbocycles. The summed E-state index contributed by atoms with van der Waals surface area (Å²) < 4.78 is 0. The number of hydrogen-bond acceptors (Lipinski definition) is 2. The highest BCUT2D eigenvalue weighted by molar-refractivity contribution is 5.49. The molecule has 0 unspecified atom stereocenters. The van der Waals surface area contributed by atoms with Crippen molar-refractivity contribution in [2.75, 3.05) is 7.05 Å². The average molecular weight is 205 g/mol. The van der Waals surface area contributed by atoms with E-state index in [0.717, 1.165) is 12.0 Å². The molecule has 0 fully saturated rings. The molecule has 82 valence electrons. The number of benzene rings is 1. The van der Waals surface area contributed by atoms with E-state index < -0.39 is 6.10 Å². The predicted octanol–water partition coefficient (Wildman–Crippen LogP) is 2.06. The molecule has 1 aromatic rings. The standard InChI is InChI=1S/C13H19NO/c1-3-12(14-2)13(15)10-9-11-7-5-4-6-8-11/h4-10,12-15H,3H2,1-2H3/b10-9+/t12-,13-/m1/s1. The van der Waals surface area contributed by atoms with Gasteiger partial charge < -0.3 is 10.4 Å². The molecule has 0 radical (unpaired) electrons. The van der Waals surface area contributed by atoms with Gasteiger partial charge in [0.15, 0.2) is 0 Å². The van der Waals surface area contributed by atoms with Gasteiger partial charge in [-0.15, -0.1) is 0 Å². The molecular weight excluding hydrogens is 186 g/mol. The van der Waals surface area contributed by atoms with E-state index in [0.29, 0.717) is 0 Å². The van der Waals surface area contributed by atoms with Crippen molar-refractivity contribution in [3.05, 3.63) is 42.0 Å². The molecule has 0 aromatic heterocycles. The minimum atomic E-state index is -0.430. The maximum Gasteiger partial charge on any atom is 0.0876 e. The Morgan fingerprint density at radius 3 is 2.53 bits per heavy atom. The van der Waals surface area contributed by atoms with Gasteiger partial charge in [0.25, 0.3) is 0 Å². The summed E-state index contributed by atoms with van der Waals surface area (Å²) in [6, 6.07) is 10.1. The smallest absolute Gasteiger partial charge is 0.0876 e. The number of aliphatic hydroxyl groups is 1. The van der Waals surface area contributed by atoms with E-state index in [1.54, 1.807) is 0 Å². The van der Waals surface area contributed by atoms with Crippen molar-refractivity contribution in [2.24, 2.45) is 0 Å². The van der Waals surface area contributed by atoms with Gasteiger partial charge in [-0.2, -0.15) is 0 Å². The molecule has 0 aliphatic carbocycles. The van der Waals surface area contributed by atoms with Crippen LogP contribution in [0.1, 0.15) is 18.9 Å². The molecule has 0 amide bonds. The first kappa shape index (κ1) is 12.0. The van der Waals surface area contributed by atoms with Crippen molar-refractivity contribution < 1.29 is 5.11 Å². The summed E-state index contributed by atoms with van der Waals surface area (Å²) in [6.07, 6.45) is 4.27. The zero-order valence-corrected chi connectivity index (χ0v) is 9.35. The maximum atomic E-state index is 9.82. The molecule has 0 bridgehead atoms. The van der Waals surface area contributed by atoms with E-state index in [1.807, 2.05) is 49.5 Å². The summed E-state index contributed by atoms with van der Waals surface area (Å²) in [4.78, 5) is 0. The van der Waals surface area contributed by atoms with Gasteiger partial charge in [-0.3, -0.25) is 0 Å². The minimum Gasteiger partial charge on any atom is -0.387 e. The first-order valence-corrected chi connectivity index (χ1v) is 5.36. The van der Waals surface area contributed by atoms with Crippen molar-refractivity contribution in [3.8, 4) is 0 Å². The van der Waals surface area contributed by atoms with Crippen LogP contribution in [0.15, 0.2) is 36.4 Å². The number of rotatable bonds is 5. The van der Waals surface area contributed by atoms with Crippen LogP contribution in [0, 0.1) is 0 Å². The third kappa shape index (κ3) is 3.86. The maximum absolute atomic E-state index is 9.82. The number of nitrogens with one attached hydrogen (secondary N) is 1. The van der Waals surface area contributed by atoms with Crippen molar-refractivity contribution in [2.45, 2.75) is 25.5 Å². The third-order valence-corrected chi connectivity index (χ3v) is 2.51. The zero-order chi connectivity index (χ0) is 11.1. The molecule has 0 aliphatic rings. The van der Waals surface area contributed by atoms with Gasteiger partial charge in [-0.25, -0.2) is 0 Å². The van der Waals surface area contributed by atoms with Gasteiger partial charge in [-0.1, -0.05) is 49.4 Å². The lowest BCUT2D eigenvalue weighted by Crippen LogP contribution is -2.35. The molecular formula is C13H19NO. The van der Waals surface area contributed by atoms with Crippen LogP contribution in [0.4, 0.5) is 0 Å². The molecule has 0 saturated carbocycles. The molecule has 2 nitrogen and oxygen atoms in total. The molecule has 15 heavy (non-hydrogen) atoms. The normalized spacial score (nSPS) is 15.4. The lowest BCUT2D eigenvalue weighted by molar-refractivity contribution is 0.174. The van der Waals surface area contributed by atoms with Crippen LogP contribution < -0.4 is 5.32 Å². The minimum absolute atomic E-state index is 0.130. The van der Waals surface area contributed by atoms with E-state index >= 15 is 0 Å². The Labute approximate surface area is 91.6 Å². The second-order valence-corrected chi connectivity index (χ2v) is 3.56. The molecule has 0 spiro atoms. The Bertz CT molecular complexity index is 291. The van der Waals surface area contributed by atoms with Gasteiger partial charge in [0.1, 0.15) is 0 Å². The molecule has 2 heteroatoms. The van der Waals surface area contributed by atoms with E-state index in [2.05, 4.69) is 12.2 Å². The molecule has 0 aliphatic heterocycles. The van der Waals surface area contributed by atoms with Crippen LogP contribution in [0.25, 0.3) is 6.08 Å². The van der Waals surface area contributed by atoms with Gasteiger partial charge in [0.05, 0.1) is 6.10 Å². The largest absolute Gasteiger partial charge is 0.387 e. The molecule has 0 heterocycles. The van der Waals surface area contributed by atoms with E-state index in [-0.39, 0.29) is 6.04 Å². The van der Waals surface area contributed by atoms with Crippen LogP contribution in [0.2, 0.25) is 0 Å². The number of hydrogen-bond donors (Lipinski definition) is 2. The second-order valence-electron chi connectivity index (χ2n) is 3.56. The van der Waals surface area contributed by atoms with Crippen LogP contribution in [0.5, 0.6) is 0 Å². The highest BCUT2D eigenvalue weighted by Crippen LogP contribution is 2.05. The summed E-state index contributed by atoms with van der Waals surface area (Å²) in [5.74, 6) is 0. The van der Waals surface area contributed by atoms with Crippen molar-refractivity contribution >= 4 is 6.08 Å². The highest BCUT2D eigenvalue weighted by atomic mass is 16.3. The van der Waals surface area contributed by atoms with Crippen LogP contribution in [0.3, 0.4) is 0 Å². The van der Waals surface area contributed by atoms with E-state index in [1.165, 1.54) is 0 Å². The first-order chi connectivity index (χ1) is 7.27. The Balaban J connectivity index is 2.57. The van der Waals surface area contributed by atoms with Gasteiger partial charge in [0, 0.05) is 6.04 Å². The van der Waals surface area contributed by atoms with Crippen molar-refractivity contribution in [1.29, 1.82) is 0 Å². The summed E-state index contributed by atoms with van der Waals surface area (Å²) in [5.41, 5.74) is 1.11. The van der Waals surface area contributed by atoms with Crippen molar-refractivity contribution in [1.82, 2.24) is 5.32 Å². The average Bonchev–Trinajstić information content (AvgIpc) is 2.29. The lowest BCUT2D eigenvalue weighted by atomic mass is 10.1. The fraction of sp³-hybridized carbons (Fsp3) is 0.385. The van der Waals surface area contributed by atoms with Crippen LogP contribution in [-0.2, 0) is 0 Å². The summed E-state index contributed by atoms with van der Waals surface area (Å²) in [6.45, 7) is 2.06. The SMILES string of the molecule is CC[C@@H](NC)[C@H](O)/C=C/c1ccccc1. The second kappa shape index (κ2) is 6.38. The highest BCUT2D eigenvalue weighted by Gasteiger charge is 2.10. The zero-order valence-electron chi connectivity index (χ0n) is 9.35. The summed E-state index contributed by atoms with van der Waals surface area (Å²) in [5, 5.41) is 12.9. The van der Waals surface area contributed by atoms with E-state index in [9.17, 15) is 5.11 Å². The Morgan fingerprint density at radius 1 is 1.33 bits per heavy atom. The molecule has 1 rings (SSSR count). The first-order valence-electron chi connectivity index (χ1n) is 5.36. The van der Waals surface area contributed by atoms with Crippen LogP contribution >= 0.6 is 0 Å². The van der Waals surface area contributed by atoms with Gasteiger partial charge in [0.2, 0.25) is 0 Å². The fourth-order valence-electron chi connectivity index (χ4n) is 1.52. The fourth-order valence-corrected chi connectivity index (χ4v) is 1.52. The summed E-state index contributed by atoms with van der Waals surface area (Å²) in [7, 11) is 1.87. The Morgan fingerprint density at radius 2 is 2.00 bits per heavy atom. The Kier molecular flexibility index (Phi) is 5.08. The third-order valence-electron chi connectivity index (χ3n) is 2.51. The summed E-state index contributed by atoms with van der Waals surface area (Å²) >= 11 is 0. The van der Waals surface area contributed by atoms with Gasteiger partial charge in [-0.05, 0) is 19.0 Å². The molecule has 0 saturated heterocycles. The van der Waals surface area contributed by atoms with Crippen LogP contribution in [-0.4, -0.2) is 24.3 Å². The lowest BCUT2D eigenvalue weighted by Gasteiger charge is -2.17. The van der Waals surface area contributed by atoms with Crippen molar-refractivity contribution in [3.63, 3.8) is 0 Å². The van der Waals surface area contributed by atoms with Gasteiger partial charge >= 0.3 is 0 Å². The number of aliphatic hydroxyl groups excluding tert-OH is 1. The topological polar surface area (TPSA) is 32.3 Å². The monoisotopic (exact) mass is 205 g/mol. The molecule has 2 atom stereocenters. The Hall–Kier alpha value is -1.12. The quantitative estimate of drug-likeness (QED) is 0.771. The predicted molar refractivity (Wildman–Crippen MR) is 64.6 cm³/mol.